The molecule has 7 atom stereocenters. The zero-order chi connectivity index (χ0) is 38.8. The van der Waals surface area contributed by atoms with E-state index in [4.69, 9.17) is 9.72 Å². The number of aliphatic hydroxyl groups excluding tert-OH is 2. The van der Waals surface area contributed by atoms with Gasteiger partial charge in [-0.1, -0.05) is 51.2 Å². The van der Waals surface area contributed by atoms with Crippen molar-refractivity contribution >= 4 is 39.2 Å². The average molecular weight is 745 g/mol. The van der Waals surface area contributed by atoms with E-state index in [0.717, 1.165) is 87.5 Å². The average Bonchev–Trinajstić information content (AvgIpc) is 3.82. The summed E-state index contributed by atoms with van der Waals surface area (Å²) in [6.45, 7) is 28.1. The van der Waals surface area contributed by atoms with Crippen molar-refractivity contribution in [3.63, 3.8) is 0 Å². The van der Waals surface area contributed by atoms with Crippen molar-refractivity contribution in [1.29, 1.82) is 0 Å². The predicted octanol–water partition coefficient (Wildman–Crippen LogP) is 10.2. The molecule has 2 aromatic heterocycles. The van der Waals surface area contributed by atoms with Crippen molar-refractivity contribution in [3.05, 3.63) is 97.9 Å². The molecule has 4 aliphatic carbocycles. The highest BCUT2D eigenvalue weighted by atomic mass is 32.1. The van der Waals surface area contributed by atoms with E-state index in [1.165, 1.54) is 16.1 Å². The summed E-state index contributed by atoms with van der Waals surface area (Å²) in [4.78, 5) is 21.0. The van der Waals surface area contributed by atoms with Crippen LogP contribution in [0.4, 0.5) is 0 Å². The molecule has 0 amide bonds. The second-order valence-electron chi connectivity index (χ2n) is 19.2. The molecule has 2 N–H and O–H groups in total. The first-order valence-corrected chi connectivity index (χ1v) is 20.8. The van der Waals surface area contributed by atoms with Crippen LogP contribution in [-0.4, -0.2) is 42.9 Å². The van der Waals surface area contributed by atoms with Crippen LogP contribution in [0.25, 0.3) is 22.0 Å². The summed E-state index contributed by atoms with van der Waals surface area (Å²) >= 11 is 1.73. The lowest BCUT2D eigenvalue weighted by atomic mass is 9.40. The minimum atomic E-state index is -0.925. The summed E-state index contributed by atoms with van der Waals surface area (Å²) in [6, 6.07) is 1.77. The van der Waals surface area contributed by atoms with Gasteiger partial charge in [-0.25, -0.2) is 4.98 Å². The maximum Gasteiger partial charge on any atom is 0.192 e. The number of carbonyl (C=O) groups excluding carboxylic acids is 1. The van der Waals surface area contributed by atoms with Crippen molar-refractivity contribution in [1.82, 2.24) is 9.55 Å². The van der Waals surface area contributed by atoms with Gasteiger partial charge in [0.15, 0.2) is 5.78 Å². The lowest BCUT2D eigenvalue weighted by Gasteiger charge is -2.64. The van der Waals surface area contributed by atoms with E-state index in [1.54, 1.807) is 17.3 Å². The van der Waals surface area contributed by atoms with Crippen LogP contribution >= 0.6 is 11.3 Å². The summed E-state index contributed by atoms with van der Waals surface area (Å²) in [6.07, 6.45) is 11.9. The van der Waals surface area contributed by atoms with Gasteiger partial charge in [0, 0.05) is 32.4 Å². The molecule has 2 aliphatic heterocycles. The first kappa shape index (κ1) is 36.5. The molecule has 0 saturated heterocycles. The largest absolute Gasteiger partial charge is 0.392 e. The monoisotopic (exact) mass is 744 g/mol. The van der Waals surface area contributed by atoms with Gasteiger partial charge < -0.3 is 19.5 Å². The number of hydrogen-bond donors (Lipinski definition) is 2. The van der Waals surface area contributed by atoms with Crippen LogP contribution in [0, 0.1) is 42.4 Å². The molecule has 1 aromatic carbocycles. The minimum Gasteiger partial charge on any atom is -0.392 e. The normalized spacial score (nSPS) is 35.3. The second kappa shape index (κ2) is 11.3. The molecule has 7 heteroatoms. The number of aliphatic hydroxyl groups is 2. The highest BCUT2D eigenvalue weighted by molar-refractivity contribution is 7.12. The van der Waals surface area contributed by atoms with Crippen LogP contribution in [0.15, 0.2) is 42.5 Å². The molecule has 2 fully saturated rings. The van der Waals surface area contributed by atoms with Crippen LogP contribution in [0.3, 0.4) is 0 Å². The molecule has 0 bridgehead atoms. The fourth-order valence-corrected chi connectivity index (χ4v) is 13.5. The van der Waals surface area contributed by atoms with Gasteiger partial charge in [-0.2, -0.15) is 0 Å². The molecular formula is C47H56N2O4S. The maximum absolute atomic E-state index is 14.9. The zero-order valence-electron chi connectivity index (χ0n) is 34.0. The Morgan fingerprint density at radius 1 is 1.09 bits per heavy atom. The molecular weight excluding hydrogens is 689 g/mol. The van der Waals surface area contributed by atoms with E-state index >= 15 is 0 Å². The number of allylic oxidation sites excluding steroid dienone is 4. The molecule has 0 unspecified atom stereocenters. The van der Waals surface area contributed by atoms with Crippen LogP contribution in [-0.2, 0) is 16.6 Å². The first-order valence-electron chi connectivity index (χ1n) is 19.9. The number of Topliss-reactive ketones (excluding diaryl/α,β-unsaturated/α-hetero) is 1. The van der Waals surface area contributed by atoms with Gasteiger partial charge in [0.1, 0.15) is 11.0 Å². The van der Waals surface area contributed by atoms with E-state index in [9.17, 15) is 15.0 Å². The van der Waals surface area contributed by atoms with Gasteiger partial charge in [0.25, 0.3) is 0 Å². The summed E-state index contributed by atoms with van der Waals surface area (Å²) in [5.41, 5.74) is 7.82. The van der Waals surface area contributed by atoms with Crippen molar-refractivity contribution in [2.24, 2.45) is 16.7 Å². The Labute approximate surface area is 325 Å². The molecule has 0 spiro atoms. The molecule has 6 nitrogen and oxygen atoms in total. The highest BCUT2D eigenvalue weighted by Gasteiger charge is 2.68. The Kier molecular flexibility index (Phi) is 7.62. The SMILES string of the molecule is C=C(C)[C@H]1C(=O)c2c3c(cc4c5c(n1c24)[C@@]1(C)[C](CC[C@H]2[C@](C)(/C=C/C=C(\C)c4nc(C)c(C)s4)[C@@H](O)CC[C@@]21C)C5)C1=CC(C)(C)OC(C)(C)[C]1[C@@H]3O. The lowest BCUT2D eigenvalue weighted by molar-refractivity contribution is -0.122. The topological polar surface area (TPSA) is 84.6 Å². The molecule has 284 valence electrons. The fraction of sp³-hybridized carbons (Fsp3) is 0.532. The summed E-state index contributed by atoms with van der Waals surface area (Å²) < 4.78 is 8.89. The van der Waals surface area contributed by atoms with Crippen LogP contribution in [0.1, 0.15) is 148 Å². The highest BCUT2D eigenvalue weighted by Crippen LogP contribution is 2.72. The molecule has 6 aliphatic rings. The third-order valence-corrected chi connectivity index (χ3v) is 16.4. The Hall–Kier alpha value is -3.10. The number of aromatic nitrogens is 2. The zero-order valence-corrected chi connectivity index (χ0v) is 34.8. The van der Waals surface area contributed by atoms with Gasteiger partial charge in [0.2, 0.25) is 0 Å². The third-order valence-electron chi connectivity index (χ3n) is 15.2. The van der Waals surface area contributed by atoms with Crippen LogP contribution in [0.2, 0.25) is 0 Å². The Bertz CT molecular complexity index is 2280. The van der Waals surface area contributed by atoms with E-state index in [-0.39, 0.29) is 22.5 Å². The number of ether oxygens (including phenoxy) is 1. The molecule has 2 radical (unpaired) electrons. The van der Waals surface area contributed by atoms with Gasteiger partial charge in [-0.15, -0.1) is 11.3 Å². The number of fused-ring (bicyclic) bond motifs is 11. The molecule has 3 aromatic rings. The molecule has 54 heavy (non-hydrogen) atoms. The molecule has 4 heterocycles. The Morgan fingerprint density at radius 2 is 1.81 bits per heavy atom. The van der Waals surface area contributed by atoms with Crippen molar-refractivity contribution in [2.45, 2.75) is 143 Å². The van der Waals surface area contributed by atoms with Gasteiger partial charge >= 0.3 is 0 Å². The lowest BCUT2D eigenvalue weighted by Crippen LogP contribution is -2.61. The minimum absolute atomic E-state index is 0.0354. The third kappa shape index (κ3) is 4.44. The number of ketones is 1. The van der Waals surface area contributed by atoms with Crippen LogP contribution < -0.4 is 0 Å². The fourth-order valence-electron chi connectivity index (χ4n) is 12.6. The standard InChI is InChI=1S/C47H56N2O4S/c1-23(2)37-40(52)35-34-28(31-22-43(6,7)53-44(8,9)36(31)39(34)51)21-29-30-20-27-15-16-32-45(10,18-13-14-24(3)42-48-25(4)26(5)54-42)33(50)17-19-46(32,11)47(27,12)41(30)49(37)38(29)35/h13-14,18,21-22,32-33,37,39,50-51H,1,15-17,19-20H2,2-12H3/b18-13+,24-14+/t32-,33-,37-,39+,45-,46-,47+/m0/s1. The van der Waals surface area contributed by atoms with Crippen molar-refractivity contribution in [3.8, 4) is 0 Å². The second-order valence-corrected chi connectivity index (χ2v) is 20.4. The van der Waals surface area contributed by atoms with E-state index in [1.807, 2.05) is 20.8 Å². The van der Waals surface area contributed by atoms with Crippen molar-refractivity contribution in [2.75, 3.05) is 0 Å². The number of thiazole rings is 1. The van der Waals surface area contributed by atoms with Gasteiger partial charge in [-0.3, -0.25) is 4.79 Å². The summed E-state index contributed by atoms with van der Waals surface area (Å²) in [7, 11) is 0. The molecule has 9 rings (SSSR count). The number of carbonyl (C=O) groups is 1. The quantitative estimate of drug-likeness (QED) is 0.205. The number of hydrogen-bond acceptors (Lipinski definition) is 6. The van der Waals surface area contributed by atoms with Crippen molar-refractivity contribution < 1.29 is 19.7 Å². The number of aryl methyl sites for hydroxylation is 2. The number of nitrogens with zero attached hydrogens (tertiary/aromatic N) is 2. The van der Waals surface area contributed by atoms with Gasteiger partial charge in [0.05, 0.1) is 46.1 Å². The first-order chi connectivity index (χ1) is 25.2. The van der Waals surface area contributed by atoms with E-state index in [0.29, 0.717) is 5.56 Å². The summed E-state index contributed by atoms with van der Waals surface area (Å²) in [5.74, 6) is 2.64. The predicted molar refractivity (Wildman–Crippen MR) is 218 cm³/mol. The van der Waals surface area contributed by atoms with E-state index in [2.05, 4.69) is 96.9 Å². The Morgan fingerprint density at radius 3 is 2.48 bits per heavy atom. The Balaban J connectivity index is 1.21. The number of rotatable bonds is 4. The van der Waals surface area contributed by atoms with Gasteiger partial charge in [-0.05, 0) is 139 Å². The van der Waals surface area contributed by atoms with E-state index < -0.39 is 34.9 Å². The number of benzene rings is 1. The maximum atomic E-state index is 14.9. The summed E-state index contributed by atoms with van der Waals surface area (Å²) in [5, 5.41) is 26.3. The smallest absolute Gasteiger partial charge is 0.192 e. The molecule has 2 saturated carbocycles. The van der Waals surface area contributed by atoms with Crippen LogP contribution in [0.5, 0.6) is 0 Å².